The number of halogens is 1. The number of ether oxygens (including phenoxy) is 1. The summed E-state index contributed by atoms with van der Waals surface area (Å²) in [5.74, 6) is 0.786. The maximum atomic E-state index is 8.71. The first-order chi connectivity index (χ1) is 6.19. The highest BCUT2D eigenvalue weighted by molar-refractivity contribution is 9.10. The molecule has 2 N–H and O–H groups in total. The first kappa shape index (κ1) is 10.5. The van der Waals surface area contributed by atoms with E-state index in [1.165, 1.54) is 0 Å². The summed E-state index contributed by atoms with van der Waals surface area (Å²) >= 11 is 3.37. The minimum atomic E-state index is -0.0813. The second-order valence-electron chi connectivity index (χ2n) is 2.74. The Labute approximate surface area is 85.8 Å². The van der Waals surface area contributed by atoms with Crippen LogP contribution in [0.5, 0.6) is 5.75 Å². The van der Waals surface area contributed by atoms with Crippen LogP contribution in [-0.4, -0.2) is 12.3 Å². The molecule has 1 rings (SSSR count). The molecule has 0 aliphatic rings. The Morgan fingerprint density at radius 3 is 2.69 bits per heavy atom. The standard InChI is InChI=1S/C9H12BrNO2/c1-6(11-12)7-3-4-9(13-2)8(10)5-7/h3-6,11-12H,1-2H3/t6-/m1/s1. The molecule has 1 aromatic carbocycles. The average molecular weight is 246 g/mol. The number of hydroxylamine groups is 1. The van der Waals surface area contributed by atoms with E-state index in [1.54, 1.807) is 7.11 Å². The monoisotopic (exact) mass is 245 g/mol. The highest BCUT2D eigenvalue weighted by Crippen LogP contribution is 2.27. The van der Waals surface area contributed by atoms with Crippen molar-refractivity contribution in [3.63, 3.8) is 0 Å². The third kappa shape index (κ3) is 2.43. The Bertz CT molecular complexity index is 291. The number of hydrogen-bond acceptors (Lipinski definition) is 3. The first-order valence-electron chi connectivity index (χ1n) is 3.92. The molecule has 0 aliphatic carbocycles. The zero-order valence-corrected chi connectivity index (χ0v) is 9.13. The average Bonchev–Trinajstić information content (AvgIpc) is 2.16. The van der Waals surface area contributed by atoms with Crippen LogP contribution in [0.15, 0.2) is 22.7 Å². The van der Waals surface area contributed by atoms with Crippen LogP contribution in [0.2, 0.25) is 0 Å². The zero-order valence-electron chi connectivity index (χ0n) is 7.54. The van der Waals surface area contributed by atoms with E-state index in [0.717, 1.165) is 15.8 Å². The number of hydrogen-bond donors (Lipinski definition) is 2. The van der Waals surface area contributed by atoms with Gasteiger partial charge in [-0.15, -0.1) is 0 Å². The molecule has 1 atom stereocenters. The molecule has 1 aromatic rings. The van der Waals surface area contributed by atoms with Crippen molar-refractivity contribution in [2.75, 3.05) is 7.11 Å². The van der Waals surface area contributed by atoms with E-state index >= 15 is 0 Å². The lowest BCUT2D eigenvalue weighted by Crippen LogP contribution is -2.12. The summed E-state index contributed by atoms with van der Waals surface area (Å²) in [6.45, 7) is 1.87. The van der Waals surface area contributed by atoms with Gasteiger partial charge in [-0.25, -0.2) is 0 Å². The molecular weight excluding hydrogens is 234 g/mol. The van der Waals surface area contributed by atoms with Crippen LogP contribution in [0.3, 0.4) is 0 Å². The Kier molecular flexibility index (Phi) is 3.71. The fourth-order valence-corrected chi connectivity index (χ4v) is 1.58. The summed E-state index contributed by atoms with van der Waals surface area (Å²) in [4.78, 5) is 0. The topological polar surface area (TPSA) is 41.5 Å². The lowest BCUT2D eigenvalue weighted by Gasteiger charge is -2.11. The van der Waals surface area contributed by atoms with Gasteiger partial charge in [-0.3, -0.25) is 0 Å². The van der Waals surface area contributed by atoms with Crippen LogP contribution in [-0.2, 0) is 0 Å². The summed E-state index contributed by atoms with van der Waals surface area (Å²) in [6, 6.07) is 5.58. The molecule has 0 amide bonds. The zero-order chi connectivity index (χ0) is 9.84. The molecule has 0 aliphatic heterocycles. The SMILES string of the molecule is COc1ccc([C@@H](C)NO)cc1Br. The highest BCUT2D eigenvalue weighted by Gasteiger charge is 2.06. The highest BCUT2D eigenvalue weighted by atomic mass is 79.9. The molecule has 0 bridgehead atoms. The molecule has 0 saturated heterocycles. The molecule has 0 unspecified atom stereocenters. The van der Waals surface area contributed by atoms with Crippen LogP contribution in [0.4, 0.5) is 0 Å². The quantitative estimate of drug-likeness (QED) is 0.805. The van der Waals surface area contributed by atoms with E-state index in [9.17, 15) is 0 Å². The smallest absolute Gasteiger partial charge is 0.133 e. The fraction of sp³-hybridized carbons (Fsp3) is 0.333. The normalized spacial score (nSPS) is 12.6. The molecule has 0 radical (unpaired) electrons. The van der Waals surface area contributed by atoms with Gasteiger partial charge in [0.1, 0.15) is 5.75 Å². The van der Waals surface area contributed by atoms with Gasteiger partial charge in [0.15, 0.2) is 0 Å². The van der Waals surface area contributed by atoms with Crippen LogP contribution < -0.4 is 10.2 Å². The van der Waals surface area contributed by atoms with Gasteiger partial charge < -0.3 is 9.94 Å². The van der Waals surface area contributed by atoms with Crippen molar-refractivity contribution in [2.24, 2.45) is 0 Å². The maximum Gasteiger partial charge on any atom is 0.133 e. The fourth-order valence-electron chi connectivity index (χ4n) is 1.03. The molecule has 0 heterocycles. The van der Waals surface area contributed by atoms with E-state index in [1.807, 2.05) is 25.1 Å². The Balaban J connectivity index is 2.95. The molecule has 0 saturated carbocycles. The molecule has 0 fully saturated rings. The van der Waals surface area contributed by atoms with Gasteiger partial charge in [-0.05, 0) is 40.5 Å². The summed E-state index contributed by atoms with van der Waals surface area (Å²) in [5, 5.41) is 8.71. The Morgan fingerprint density at radius 2 is 2.23 bits per heavy atom. The van der Waals surface area contributed by atoms with E-state index < -0.39 is 0 Å². The number of rotatable bonds is 3. The third-order valence-corrected chi connectivity index (χ3v) is 2.49. The second-order valence-corrected chi connectivity index (χ2v) is 3.60. The summed E-state index contributed by atoms with van der Waals surface area (Å²) in [5.41, 5.74) is 3.18. The second kappa shape index (κ2) is 4.60. The van der Waals surface area contributed by atoms with Gasteiger partial charge in [0.05, 0.1) is 17.6 Å². The largest absolute Gasteiger partial charge is 0.496 e. The van der Waals surface area contributed by atoms with Crippen molar-refractivity contribution < 1.29 is 9.94 Å². The summed E-state index contributed by atoms with van der Waals surface area (Å²) in [7, 11) is 1.62. The maximum absolute atomic E-state index is 8.71. The predicted octanol–water partition coefficient (Wildman–Crippen LogP) is 2.50. The van der Waals surface area contributed by atoms with E-state index in [4.69, 9.17) is 9.94 Å². The minimum absolute atomic E-state index is 0.0813. The molecule has 4 heteroatoms. The van der Waals surface area contributed by atoms with Gasteiger partial charge in [-0.1, -0.05) is 6.07 Å². The van der Waals surface area contributed by atoms with Gasteiger partial charge in [0, 0.05) is 0 Å². The molecular formula is C9H12BrNO2. The van der Waals surface area contributed by atoms with Crippen LogP contribution in [0, 0.1) is 0 Å². The van der Waals surface area contributed by atoms with Crippen LogP contribution in [0.25, 0.3) is 0 Å². The molecule has 13 heavy (non-hydrogen) atoms. The molecule has 72 valence electrons. The Morgan fingerprint density at radius 1 is 1.54 bits per heavy atom. The van der Waals surface area contributed by atoms with Crippen molar-refractivity contribution in [3.8, 4) is 5.75 Å². The molecule has 3 nitrogen and oxygen atoms in total. The van der Waals surface area contributed by atoms with Gasteiger partial charge >= 0.3 is 0 Å². The van der Waals surface area contributed by atoms with Gasteiger partial charge in [-0.2, -0.15) is 5.48 Å². The lowest BCUT2D eigenvalue weighted by molar-refractivity contribution is 0.133. The van der Waals surface area contributed by atoms with Gasteiger partial charge in [0.2, 0.25) is 0 Å². The van der Waals surface area contributed by atoms with Crippen LogP contribution >= 0.6 is 15.9 Å². The van der Waals surface area contributed by atoms with Crippen LogP contribution in [0.1, 0.15) is 18.5 Å². The van der Waals surface area contributed by atoms with Crippen molar-refractivity contribution >= 4 is 15.9 Å². The molecule has 0 aromatic heterocycles. The number of nitrogens with one attached hydrogen (secondary N) is 1. The van der Waals surface area contributed by atoms with E-state index in [-0.39, 0.29) is 6.04 Å². The first-order valence-corrected chi connectivity index (χ1v) is 4.71. The predicted molar refractivity (Wildman–Crippen MR) is 54.0 cm³/mol. The molecule has 0 spiro atoms. The summed E-state index contributed by atoms with van der Waals surface area (Å²) < 4.78 is 5.97. The third-order valence-electron chi connectivity index (χ3n) is 1.87. The van der Waals surface area contributed by atoms with Crippen molar-refractivity contribution in [2.45, 2.75) is 13.0 Å². The van der Waals surface area contributed by atoms with E-state index in [0.29, 0.717) is 0 Å². The van der Waals surface area contributed by atoms with E-state index in [2.05, 4.69) is 21.4 Å². The lowest BCUT2D eigenvalue weighted by atomic mass is 10.1. The van der Waals surface area contributed by atoms with Crippen molar-refractivity contribution in [1.82, 2.24) is 5.48 Å². The number of benzene rings is 1. The summed E-state index contributed by atoms with van der Waals surface area (Å²) in [6.07, 6.45) is 0. The van der Waals surface area contributed by atoms with Gasteiger partial charge in [0.25, 0.3) is 0 Å². The number of methoxy groups -OCH3 is 1. The van der Waals surface area contributed by atoms with Crippen molar-refractivity contribution in [3.05, 3.63) is 28.2 Å². The van der Waals surface area contributed by atoms with Crippen molar-refractivity contribution in [1.29, 1.82) is 0 Å². The minimum Gasteiger partial charge on any atom is -0.496 e. The Hall–Kier alpha value is -0.580.